The fourth-order valence-corrected chi connectivity index (χ4v) is 3.46. The van der Waals surface area contributed by atoms with E-state index in [-0.39, 0.29) is 29.1 Å². The number of nitrogens with one attached hydrogen (secondary N) is 2. The Balaban J connectivity index is 1.53. The molecule has 0 aromatic heterocycles. The Morgan fingerprint density at radius 2 is 1.83 bits per heavy atom. The summed E-state index contributed by atoms with van der Waals surface area (Å²) in [6, 6.07) is 7.58. The lowest BCUT2D eigenvalue weighted by Gasteiger charge is -2.12. The molecule has 0 bridgehead atoms. The molecule has 3 atom stereocenters. The molecular formula is C19H24N2O3. The Kier molecular flexibility index (Phi) is 4.11. The van der Waals surface area contributed by atoms with Gasteiger partial charge in [-0.1, -0.05) is 43.7 Å². The molecule has 1 aromatic carbocycles. The molecule has 0 radical (unpaired) electrons. The van der Waals surface area contributed by atoms with Crippen LogP contribution in [0, 0.1) is 17.3 Å². The Hall–Kier alpha value is -2.30. The molecule has 1 saturated carbocycles. The van der Waals surface area contributed by atoms with Crippen molar-refractivity contribution in [1.82, 2.24) is 10.9 Å². The summed E-state index contributed by atoms with van der Waals surface area (Å²) in [7, 11) is 0. The van der Waals surface area contributed by atoms with E-state index in [1.54, 1.807) is 0 Å². The van der Waals surface area contributed by atoms with Gasteiger partial charge in [-0.2, -0.15) is 0 Å². The van der Waals surface area contributed by atoms with Gasteiger partial charge in [0.1, 0.15) is 5.75 Å². The van der Waals surface area contributed by atoms with Gasteiger partial charge in [0.05, 0.1) is 5.92 Å². The van der Waals surface area contributed by atoms with E-state index in [0.29, 0.717) is 6.42 Å². The van der Waals surface area contributed by atoms with Crippen LogP contribution >= 0.6 is 0 Å². The van der Waals surface area contributed by atoms with Crippen LogP contribution in [0.15, 0.2) is 35.9 Å². The Labute approximate surface area is 142 Å². The topological polar surface area (TPSA) is 67.4 Å². The molecule has 0 saturated heterocycles. The molecule has 0 unspecified atom stereocenters. The van der Waals surface area contributed by atoms with Crippen molar-refractivity contribution >= 4 is 11.8 Å². The molecule has 1 aliphatic heterocycles. The number of hydrogen-bond acceptors (Lipinski definition) is 3. The monoisotopic (exact) mass is 328 g/mol. The maximum absolute atomic E-state index is 12.4. The lowest BCUT2D eigenvalue weighted by molar-refractivity contribution is -0.133. The lowest BCUT2D eigenvalue weighted by Crippen LogP contribution is -2.48. The van der Waals surface area contributed by atoms with Gasteiger partial charge in [-0.25, -0.2) is 0 Å². The van der Waals surface area contributed by atoms with E-state index in [9.17, 15) is 9.59 Å². The van der Waals surface area contributed by atoms with Crippen LogP contribution in [0.5, 0.6) is 5.75 Å². The van der Waals surface area contributed by atoms with Crippen LogP contribution in [-0.2, 0) is 16.0 Å². The number of ether oxygens (including phenoxy) is 1. The van der Waals surface area contributed by atoms with Crippen LogP contribution in [0.3, 0.4) is 0 Å². The molecule has 1 aliphatic carbocycles. The largest absolute Gasteiger partial charge is 0.480 e. The Bertz CT molecular complexity index is 679. The molecule has 1 aromatic rings. The zero-order valence-electron chi connectivity index (χ0n) is 14.6. The molecule has 2 N–H and O–H groups in total. The Morgan fingerprint density at radius 1 is 1.17 bits per heavy atom. The number of allylic oxidation sites excluding steroid dienone is 2. The highest BCUT2D eigenvalue weighted by Crippen LogP contribution is 2.59. The minimum atomic E-state index is -0.594. The van der Waals surface area contributed by atoms with Crippen LogP contribution < -0.4 is 15.6 Å². The summed E-state index contributed by atoms with van der Waals surface area (Å²) in [4.78, 5) is 24.6. The second-order valence-electron chi connectivity index (χ2n) is 7.47. The maximum atomic E-state index is 12.4. The van der Waals surface area contributed by atoms with E-state index in [2.05, 4.69) is 30.8 Å². The zero-order valence-corrected chi connectivity index (χ0v) is 14.6. The van der Waals surface area contributed by atoms with Crippen molar-refractivity contribution in [3.05, 3.63) is 41.5 Å². The van der Waals surface area contributed by atoms with Crippen molar-refractivity contribution < 1.29 is 14.3 Å². The molecule has 1 heterocycles. The van der Waals surface area contributed by atoms with E-state index >= 15 is 0 Å². The fraction of sp³-hybridized carbons (Fsp3) is 0.474. The number of para-hydroxylation sites is 1. The summed E-state index contributed by atoms with van der Waals surface area (Å²) < 4.78 is 5.62. The average Bonchev–Trinajstić information content (AvgIpc) is 2.88. The summed E-state index contributed by atoms with van der Waals surface area (Å²) in [5, 5.41) is 0. The van der Waals surface area contributed by atoms with Gasteiger partial charge in [0.25, 0.3) is 5.91 Å². The molecule has 5 nitrogen and oxygen atoms in total. The number of hydrazine groups is 1. The van der Waals surface area contributed by atoms with E-state index in [4.69, 9.17) is 4.74 Å². The van der Waals surface area contributed by atoms with Gasteiger partial charge in [-0.05, 0) is 36.8 Å². The molecular weight excluding hydrogens is 304 g/mol. The molecule has 0 spiro atoms. The second kappa shape index (κ2) is 5.96. The molecule has 5 heteroatoms. The number of hydrogen-bond donors (Lipinski definition) is 2. The quantitative estimate of drug-likeness (QED) is 0.661. The molecule has 128 valence electrons. The van der Waals surface area contributed by atoms with E-state index in [1.807, 2.05) is 38.1 Å². The van der Waals surface area contributed by atoms with Gasteiger partial charge in [0.15, 0.2) is 6.10 Å². The summed E-state index contributed by atoms with van der Waals surface area (Å²) in [6.07, 6.45) is 2.05. The first-order valence-electron chi connectivity index (χ1n) is 8.30. The second-order valence-corrected chi connectivity index (χ2v) is 7.47. The number of carbonyl (C=O) groups is 2. The predicted octanol–water partition coefficient (Wildman–Crippen LogP) is 2.38. The van der Waals surface area contributed by atoms with Crippen molar-refractivity contribution in [3.8, 4) is 5.75 Å². The fourth-order valence-electron chi connectivity index (χ4n) is 3.46. The van der Waals surface area contributed by atoms with E-state index in [1.165, 1.54) is 5.57 Å². The van der Waals surface area contributed by atoms with Crippen molar-refractivity contribution in [3.63, 3.8) is 0 Å². The number of amides is 2. The maximum Gasteiger partial charge on any atom is 0.279 e. The summed E-state index contributed by atoms with van der Waals surface area (Å²) in [5.41, 5.74) is 7.20. The standard InChI is InChI=1S/C19H24N2O3/c1-11(2)9-13-16(19(13,3)4)18(23)21-20-17(22)15-10-12-7-5-6-8-14(12)24-15/h5-9,13,15-16H,10H2,1-4H3,(H,20,22)(H,21,23)/t13-,15-,16+/m1/s1. The molecule has 1 fully saturated rings. The zero-order chi connectivity index (χ0) is 17.5. The minimum Gasteiger partial charge on any atom is -0.480 e. The van der Waals surface area contributed by atoms with Crippen molar-refractivity contribution in [2.24, 2.45) is 17.3 Å². The predicted molar refractivity (Wildman–Crippen MR) is 91.0 cm³/mol. The third-order valence-corrected chi connectivity index (χ3v) is 4.95. The first-order chi connectivity index (χ1) is 11.3. The van der Waals surface area contributed by atoms with Gasteiger partial charge in [0, 0.05) is 6.42 Å². The summed E-state index contributed by atoms with van der Waals surface area (Å²) >= 11 is 0. The van der Waals surface area contributed by atoms with Crippen LogP contribution in [-0.4, -0.2) is 17.9 Å². The summed E-state index contributed by atoms with van der Waals surface area (Å²) in [6.45, 7) is 8.19. The average molecular weight is 328 g/mol. The SMILES string of the molecule is CC(C)=C[C@@H]1[C@@H](C(=O)NNC(=O)[C@H]2Cc3ccccc3O2)C1(C)C. The first-order valence-corrected chi connectivity index (χ1v) is 8.30. The molecule has 2 amide bonds. The van der Waals surface area contributed by atoms with E-state index < -0.39 is 6.10 Å². The molecule has 3 rings (SSSR count). The van der Waals surface area contributed by atoms with Gasteiger partial charge >= 0.3 is 0 Å². The normalized spacial score (nSPS) is 25.9. The molecule has 24 heavy (non-hydrogen) atoms. The number of benzene rings is 1. The van der Waals surface area contributed by atoms with Crippen molar-refractivity contribution in [2.45, 2.75) is 40.2 Å². The van der Waals surface area contributed by atoms with Gasteiger partial charge in [-0.3, -0.25) is 20.4 Å². The van der Waals surface area contributed by atoms with Gasteiger partial charge in [0.2, 0.25) is 5.91 Å². The number of carbonyl (C=O) groups excluding carboxylic acids is 2. The van der Waals surface area contributed by atoms with Gasteiger partial charge in [-0.15, -0.1) is 0 Å². The third-order valence-electron chi connectivity index (χ3n) is 4.95. The van der Waals surface area contributed by atoms with E-state index in [0.717, 1.165) is 11.3 Å². The third kappa shape index (κ3) is 3.03. The van der Waals surface area contributed by atoms with Crippen molar-refractivity contribution in [2.75, 3.05) is 0 Å². The highest BCUT2D eigenvalue weighted by atomic mass is 16.5. The van der Waals surface area contributed by atoms with Crippen LogP contribution in [0.1, 0.15) is 33.3 Å². The minimum absolute atomic E-state index is 0.0772. The highest BCUT2D eigenvalue weighted by molar-refractivity contribution is 5.88. The number of rotatable bonds is 3. The van der Waals surface area contributed by atoms with Crippen LogP contribution in [0.25, 0.3) is 0 Å². The highest BCUT2D eigenvalue weighted by Gasteiger charge is 2.60. The van der Waals surface area contributed by atoms with Gasteiger partial charge < -0.3 is 4.74 Å². The smallest absolute Gasteiger partial charge is 0.279 e. The Morgan fingerprint density at radius 3 is 2.50 bits per heavy atom. The molecule has 2 aliphatic rings. The van der Waals surface area contributed by atoms with Crippen molar-refractivity contribution in [1.29, 1.82) is 0 Å². The lowest BCUT2D eigenvalue weighted by atomic mass is 10.1. The summed E-state index contributed by atoms with van der Waals surface area (Å²) in [5.74, 6) is 0.361. The van der Waals surface area contributed by atoms with Crippen LogP contribution in [0.2, 0.25) is 0 Å². The van der Waals surface area contributed by atoms with Crippen LogP contribution in [0.4, 0.5) is 0 Å². The first kappa shape index (κ1) is 16.6. The number of fused-ring (bicyclic) bond motifs is 1.